The van der Waals surface area contributed by atoms with Crippen molar-refractivity contribution >= 4 is 17.7 Å². The number of aliphatic hydroxyl groups excluding tert-OH is 1. The highest BCUT2D eigenvalue weighted by Gasteiger charge is 2.26. The van der Waals surface area contributed by atoms with Crippen LogP contribution in [0, 0.1) is 5.92 Å². The van der Waals surface area contributed by atoms with Crippen LogP contribution in [0.5, 0.6) is 0 Å². The van der Waals surface area contributed by atoms with Crippen LogP contribution in [0.15, 0.2) is 30.3 Å². The Bertz CT molecular complexity index is 434. The Labute approximate surface area is 107 Å². The maximum Gasteiger partial charge on any atom is 0.244 e. The fourth-order valence-corrected chi connectivity index (χ4v) is 1.95. The standard InChI is InChI=1S/C14H18N2O2/c15-12-4-1-10(2-5-12)3-6-14(18)16-9-11-7-13(17)8-11/h1-6,11,13,17H,7-9,15H2,(H,16,18)/b6-3+. The van der Waals surface area contributed by atoms with Gasteiger partial charge in [-0.2, -0.15) is 0 Å². The summed E-state index contributed by atoms with van der Waals surface area (Å²) in [5.74, 6) is 0.321. The van der Waals surface area contributed by atoms with E-state index in [1.165, 1.54) is 6.08 Å². The summed E-state index contributed by atoms with van der Waals surface area (Å²) in [4.78, 5) is 11.5. The lowest BCUT2D eigenvalue weighted by Crippen LogP contribution is -2.37. The van der Waals surface area contributed by atoms with Crippen molar-refractivity contribution in [3.8, 4) is 0 Å². The van der Waals surface area contributed by atoms with Gasteiger partial charge in [0.15, 0.2) is 0 Å². The number of hydrogen-bond acceptors (Lipinski definition) is 3. The van der Waals surface area contributed by atoms with Gasteiger partial charge in [0.1, 0.15) is 0 Å². The Kier molecular flexibility index (Phi) is 3.99. The summed E-state index contributed by atoms with van der Waals surface area (Å²) in [6.07, 6.45) is 4.69. The van der Waals surface area contributed by atoms with Crippen molar-refractivity contribution in [3.05, 3.63) is 35.9 Å². The molecule has 0 aromatic heterocycles. The Morgan fingerprint density at radius 1 is 1.39 bits per heavy atom. The number of nitrogens with one attached hydrogen (secondary N) is 1. The van der Waals surface area contributed by atoms with Crippen LogP contribution >= 0.6 is 0 Å². The van der Waals surface area contributed by atoms with Crippen LogP contribution in [0.1, 0.15) is 18.4 Å². The van der Waals surface area contributed by atoms with Gasteiger partial charge in [0.05, 0.1) is 6.10 Å². The van der Waals surface area contributed by atoms with Gasteiger partial charge < -0.3 is 16.2 Å². The van der Waals surface area contributed by atoms with Crippen LogP contribution in [0.4, 0.5) is 5.69 Å². The van der Waals surface area contributed by atoms with E-state index in [0.29, 0.717) is 18.2 Å². The van der Waals surface area contributed by atoms with Crippen molar-refractivity contribution in [1.82, 2.24) is 5.32 Å². The van der Waals surface area contributed by atoms with Gasteiger partial charge in [0, 0.05) is 18.3 Å². The summed E-state index contributed by atoms with van der Waals surface area (Å²) in [6, 6.07) is 7.32. The normalized spacial score (nSPS) is 22.7. The molecular formula is C14H18N2O2. The number of carbonyl (C=O) groups excluding carboxylic acids is 1. The molecule has 0 saturated heterocycles. The minimum absolute atomic E-state index is 0.104. The molecule has 4 nitrogen and oxygen atoms in total. The third-order valence-corrected chi connectivity index (χ3v) is 3.14. The maximum absolute atomic E-state index is 11.5. The highest BCUT2D eigenvalue weighted by atomic mass is 16.3. The van der Waals surface area contributed by atoms with Crippen molar-refractivity contribution < 1.29 is 9.90 Å². The molecular weight excluding hydrogens is 228 g/mol. The predicted molar refractivity (Wildman–Crippen MR) is 71.6 cm³/mol. The molecule has 1 aliphatic carbocycles. The molecule has 1 amide bonds. The molecule has 0 radical (unpaired) electrons. The average Bonchev–Trinajstić information content (AvgIpc) is 2.32. The minimum Gasteiger partial charge on any atom is -0.399 e. The van der Waals surface area contributed by atoms with Gasteiger partial charge >= 0.3 is 0 Å². The molecule has 18 heavy (non-hydrogen) atoms. The van der Waals surface area contributed by atoms with Gasteiger partial charge in [0.2, 0.25) is 5.91 Å². The summed E-state index contributed by atoms with van der Waals surface area (Å²) in [5.41, 5.74) is 7.22. The molecule has 96 valence electrons. The Hall–Kier alpha value is -1.81. The van der Waals surface area contributed by atoms with Crippen molar-refractivity contribution in [3.63, 3.8) is 0 Å². The summed E-state index contributed by atoms with van der Waals surface area (Å²) in [5, 5.41) is 11.9. The summed E-state index contributed by atoms with van der Waals surface area (Å²) >= 11 is 0. The zero-order valence-corrected chi connectivity index (χ0v) is 10.2. The summed E-state index contributed by atoms with van der Waals surface area (Å²) in [6.45, 7) is 0.641. The topological polar surface area (TPSA) is 75.4 Å². The fraction of sp³-hybridized carbons (Fsp3) is 0.357. The Morgan fingerprint density at radius 3 is 2.67 bits per heavy atom. The smallest absolute Gasteiger partial charge is 0.244 e. The average molecular weight is 246 g/mol. The molecule has 1 aromatic rings. The molecule has 0 atom stereocenters. The zero-order valence-electron chi connectivity index (χ0n) is 10.2. The Balaban J connectivity index is 1.74. The van der Waals surface area contributed by atoms with Crippen LogP contribution in [0.25, 0.3) is 6.08 Å². The molecule has 0 unspecified atom stereocenters. The van der Waals surface area contributed by atoms with Gasteiger partial charge in [-0.3, -0.25) is 4.79 Å². The molecule has 2 rings (SSSR count). The number of anilines is 1. The monoisotopic (exact) mass is 246 g/mol. The van der Waals surface area contributed by atoms with Crippen LogP contribution in [0.3, 0.4) is 0 Å². The zero-order chi connectivity index (χ0) is 13.0. The molecule has 4 heteroatoms. The number of benzene rings is 1. The molecule has 0 spiro atoms. The van der Waals surface area contributed by atoms with Crippen molar-refractivity contribution in [2.75, 3.05) is 12.3 Å². The molecule has 1 aromatic carbocycles. The fourth-order valence-electron chi connectivity index (χ4n) is 1.95. The van der Waals surface area contributed by atoms with Crippen LogP contribution in [0.2, 0.25) is 0 Å². The third-order valence-electron chi connectivity index (χ3n) is 3.14. The van der Waals surface area contributed by atoms with Gasteiger partial charge in [-0.25, -0.2) is 0 Å². The molecule has 0 aliphatic heterocycles. The summed E-state index contributed by atoms with van der Waals surface area (Å²) < 4.78 is 0. The number of amides is 1. The van der Waals surface area contributed by atoms with Crippen molar-refractivity contribution in [1.29, 1.82) is 0 Å². The first-order valence-corrected chi connectivity index (χ1v) is 6.13. The van der Waals surface area contributed by atoms with Crippen molar-refractivity contribution in [2.45, 2.75) is 18.9 Å². The van der Waals surface area contributed by atoms with Gasteiger partial charge in [0.25, 0.3) is 0 Å². The molecule has 1 aliphatic rings. The van der Waals surface area contributed by atoms with E-state index in [-0.39, 0.29) is 12.0 Å². The Morgan fingerprint density at radius 2 is 2.06 bits per heavy atom. The van der Waals surface area contributed by atoms with E-state index >= 15 is 0 Å². The second-order valence-corrected chi connectivity index (χ2v) is 4.74. The maximum atomic E-state index is 11.5. The SMILES string of the molecule is Nc1ccc(/C=C/C(=O)NCC2CC(O)C2)cc1. The molecule has 1 saturated carbocycles. The van der Waals surface area contributed by atoms with Gasteiger partial charge in [-0.05, 0) is 42.5 Å². The number of nitrogen functional groups attached to an aromatic ring is 1. The van der Waals surface area contributed by atoms with E-state index in [9.17, 15) is 4.79 Å². The van der Waals surface area contributed by atoms with Crippen LogP contribution < -0.4 is 11.1 Å². The number of hydrogen-bond donors (Lipinski definition) is 3. The lowest BCUT2D eigenvalue weighted by molar-refractivity contribution is -0.117. The minimum atomic E-state index is -0.169. The second kappa shape index (κ2) is 5.69. The van der Waals surface area contributed by atoms with E-state index in [4.69, 9.17) is 10.8 Å². The summed E-state index contributed by atoms with van der Waals surface area (Å²) in [7, 11) is 0. The van der Waals surface area contributed by atoms with Crippen molar-refractivity contribution in [2.24, 2.45) is 5.92 Å². The largest absolute Gasteiger partial charge is 0.399 e. The number of carbonyl (C=O) groups is 1. The van der Waals surface area contributed by atoms with E-state index in [1.54, 1.807) is 18.2 Å². The number of nitrogens with two attached hydrogens (primary N) is 1. The number of aliphatic hydroxyl groups is 1. The third kappa shape index (κ3) is 3.60. The lowest BCUT2D eigenvalue weighted by Gasteiger charge is -2.31. The van der Waals surface area contributed by atoms with Crippen LogP contribution in [-0.2, 0) is 4.79 Å². The molecule has 4 N–H and O–H groups in total. The van der Waals surface area contributed by atoms with E-state index < -0.39 is 0 Å². The number of rotatable bonds is 4. The first-order chi connectivity index (χ1) is 8.63. The van der Waals surface area contributed by atoms with E-state index in [2.05, 4.69) is 5.32 Å². The second-order valence-electron chi connectivity index (χ2n) is 4.74. The van der Waals surface area contributed by atoms with Gasteiger partial charge in [-0.1, -0.05) is 12.1 Å². The first-order valence-electron chi connectivity index (χ1n) is 6.13. The molecule has 1 fully saturated rings. The predicted octanol–water partition coefficient (Wildman–Crippen LogP) is 1.17. The molecule has 0 heterocycles. The van der Waals surface area contributed by atoms with Gasteiger partial charge in [-0.15, -0.1) is 0 Å². The van der Waals surface area contributed by atoms with E-state index in [1.807, 2.05) is 12.1 Å². The first kappa shape index (κ1) is 12.6. The quantitative estimate of drug-likeness (QED) is 0.551. The van der Waals surface area contributed by atoms with Crippen LogP contribution in [-0.4, -0.2) is 23.7 Å². The molecule has 0 bridgehead atoms. The van der Waals surface area contributed by atoms with E-state index in [0.717, 1.165) is 18.4 Å². The highest BCUT2D eigenvalue weighted by molar-refractivity contribution is 5.91. The highest BCUT2D eigenvalue weighted by Crippen LogP contribution is 2.25. The lowest BCUT2D eigenvalue weighted by atomic mass is 9.82.